The third-order valence-electron chi connectivity index (χ3n) is 3.46. The van der Waals surface area contributed by atoms with E-state index in [4.69, 9.17) is 5.11 Å². The van der Waals surface area contributed by atoms with E-state index in [2.05, 4.69) is 5.32 Å². The zero-order valence-corrected chi connectivity index (χ0v) is 13.4. The molecule has 0 aromatic heterocycles. The first-order valence-corrected chi connectivity index (χ1v) is 7.82. The average Bonchev–Trinajstić information content (AvgIpc) is 2.53. The van der Waals surface area contributed by atoms with Crippen molar-refractivity contribution in [1.29, 1.82) is 0 Å². The molecule has 1 atom stereocenters. The van der Waals surface area contributed by atoms with E-state index in [-0.39, 0.29) is 18.4 Å². The Morgan fingerprint density at radius 3 is 2.55 bits per heavy atom. The number of aliphatic hydroxyl groups excluding tert-OH is 1. The number of nitrogens with zero attached hydrogens (tertiary/aromatic N) is 1. The summed E-state index contributed by atoms with van der Waals surface area (Å²) in [5, 5.41) is 11.5. The number of hydrogen-bond acceptors (Lipinski definition) is 3. The summed E-state index contributed by atoms with van der Waals surface area (Å²) in [6, 6.07) is 9.13. The zero-order chi connectivity index (χ0) is 16.4. The van der Waals surface area contributed by atoms with Gasteiger partial charge in [0.25, 0.3) is 0 Å². The highest BCUT2D eigenvalue weighted by Crippen LogP contribution is 2.11. The van der Waals surface area contributed by atoms with E-state index < -0.39 is 6.04 Å². The molecule has 1 rings (SSSR count). The maximum absolute atomic E-state index is 12.3. The minimum atomic E-state index is -0.530. The van der Waals surface area contributed by atoms with Crippen LogP contribution < -0.4 is 5.32 Å². The summed E-state index contributed by atoms with van der Waals surface area (Å²) in [5.41, 5.74) is 1.00. The van der Waals surface area contributed by atoms with Crippen LogP contribution >= 0.6 is 0 Å². The van der Waals surface area contributed by atoms with Crippen molar-refractivity contribution in [2.75, 3.05) is 13.2 Å². The Bertz CT molecular complexity index is 462. The number of carbonyl (C=O) groups is 2. The average molecular weight is 306 g/mol. The number of nitrogens with one attached hydrogen (secondary N) is 1. The summed E-state index contributed by atoms with van der Waals surface area (Å²) in [4.78, 5) is 26.1. The highest BCUT2D eigenvalue weighted by Gasteiger charge is 2.25. The lowest BCUT2D eigenvalue weighted by atomic mass is 10.1. The van der Waals surface area contributed by atoms with Crippen molar-refractivity contribution in [3.63, 3.8) is 0 Å². The molecule has 0 saturated heterocycles. The molecular formula is C17H26N2O3. The number of rotatable bonds is 9. The molecule has 2 N–H and O–H groups in total. The standard InChI is InChI=1S/C17H26N2O3/c1-3-8-16(21)19(13-15-9-5-4-6-10-15)14(2)17(22)18-11-7-12-20/h4-6,9-10,14,20H,3,7-8,11-13H2,1-2H3,(H,18,22)/t14-/m1/s1. The van der Waals surface area contributed by atoms with Crippen molar-refractivity contribution < 1.29 is 14.7 Å². The van der Waals surface area contributed by atoms with Gasteiger partial charge in [-0.1, -0.05) is 37.3 Å². The summed E-state index contributed by atoms with van der Waals surface area (Å²) in [6.07, 6.45) is 1.70. The van der Waals surface area contributed by atoms with E-state index >= 15 is 0 Å². The minimum Gasteiger partial charge on any atom is -0.396 e. The van der Waals surface area contributed by atoms with Crippen LogP contribution in [-0.2, 0) is 16.1 Å². The predicted octanol–water partition coefficient (Wildman–Crippen LogP) is 1.70. The van der Waals surface area contributed by atoms with Gasteiger partial charge < -0.3 is 15.3 Å². The molecule has 0 unspecified atom stereocenters. The van der Waals surface area contributed by atoms with Crippen LogP contribution in [0.25, 0.3) is 0 Å². The largest absolute Gasteiger partial charge is 0.396 e. The van der Waals surface area contributed by atoms with Gasteiger partial charge in [-0.3, -0.25) is 9.59 Å². The third-order valence-corrected chi connectivity index (χ3v) is 3.46. The molecular weight excluding hydrogens is 280 g/mol. The van der Waals surface area contributed by atoms with Crippen molar-refractivity contribution in [3.05, 3.63) is 35.9 Å². The summed E-state index contributed by atoms with van der Waals surface area (Å²) in [6.45, 7) is 4.57. The maximum atomic E-state index is 12.3. The van der Waals surface area contributed by atoms with Gasteiger partial charge in [0.1, 0.15) is 6.04 Å². The highest BCUT2D eigenvalue weighted by atomic mass is 16.3. The van der Waals surface area contributed by atoms with E-state index in [1.807, 2.05) is 37.3 Å². The summed E-state index contributed by atoms with van der Waals surface area (Å²) < 4.78 is 0. The molecule has 5 nitrogen and oxygen atoms in total. The van der Waals surface area contributed by atoms with Crippen molar-refractivity contribution in [3.8, 4) is 0 Å². The van der Waals surface area contributed by atoms with Crippen LogP contribution in [0.3, 0.4) is 0 Å². The summed E-state index contributed by atoms with van der Waals surface area (Å²) in [5.74, 6) is -0.204. The molecule has 0 aliphatic carbocycles. The van der Waals surface area contributed by atoms with Gasteiger partial charge in [-0.15, -0.1) is 0 Å². The van der Waals surface area contributed by atoms with Gasteiger partial charge in [0.05, 0.1) is 0 Å². The van der Waals surface area contributed by atoms with Gasteiger partial charge in [-0.05, 0) is 25.3 Å². The van der Waals surface area contributed by atoms with E-state index in [1.54, 1.807) is 11.8 Å². The fourth-order valence-corrected chi connectivity index (χ4v) is 2.16. The van der Waals surface area contributed by atoms with E-state index in [0.29, 0.717) is 25.9 Å². The molecule has 0 spiro atoms. The Labute approximate surface area is 132 Å². The molecule has 2 amide bonds. The quantitative estimate of drug-likeness (QED) is 0.682. The molecule has 0 fully saturated rings. The van der Waals surface area contributed by atoms with Crippen molar-refractivity contribution in [1.82, 2.24) is 10.2 Å². The summed E-state index contributed by atoms with van der Waals surface area (Å²) in [7, 11) is 0. The number of aliphatic hydroxyl groups is 1. The lowest BCUT2D eigenvalue weighted by Crippen LogP contribution is -2.47. The van der Waals surface area contributed by atoms with Crippen molar-refractivity contribution in [2.45, 2.75) is 45.7 Å². The van der Waals surface area contributed by atoms with Gasteiger partial charge in [0, 0.05) is 26.1 Å². The number of carbonyl (C=O) groups excluding carboxylic acids is 2. The Morgan fingerprint density at radius 2 is 1.95 bits per heavy atom. The van der Waals surface area contributed by atoms with Crippen molar-refractivity contribution >= 4 is 11.8 Å². The lowest BCUT2D eigenvalue weighted by Gasteiger charge is -2.28. The SMILES string of the molecule is CCCC(=O)N(Cc1ccccc1)[C@H](C)C(=O)NCCCO. The highest BCUT2D eigenvalue weighted by molar-refractivity contribution is 5.87. The molecule has 0 aliphatic heterocycles. The van der Waals surface area contributed by atoms with Gasteiger partial charge in [0.15, 0.2) is 0 Å². The molecule has 0 bridgehead atoms. The smallest absolute Gasteiger partial charge is 0.242 e. The normalized spacial score (nSPS) is 11.8. The summed E-state index contributed by atoms with van der Waals surface area (Å²) >= 11 is 0. The first-order chi connectivity index (χ1) is 10.6. The second kappa shape index (κ2) is 9.95. The van der Waals surface area contributed by atoms with Gasteiger partial charge in [-0.2, -0.15) is 0 Å². The van der Waals surface area contributed by atoms with E-state index in [1.165, 1.54) is 0 Å². The molecule has 0 radical (unpaired) electrons. The Morgan fingerprint density at radius 1 is 1.27 bits per heavy atom. The fourth-order valence-electron chi connectivity index (χ4n) is 2.16. The van der Waals surface area contributed by atoms with Crippen LogP contribution in [0.15, 0.2) is 30.3 Å². The second-order valence-corrected chi connectivity index (χ2v) is 5.30. The van der Waals surface area contributed by atoms with Gasteiger partial charge in [-0.25, -0.2) is 0 Å². The monoisotopic (exact) mass is 306 g/mol. The maximum Gasteiger partial charge on any atom is 0.242 e. The molecule has 1 aromatic rings. The Hall–Kier alpha value is -1.88. The van der Waals surface area contributed by atoms with Crippen LogP contribution in [0, 0.1) is 0 Å². The number of amides is 2. The number of benzene rings is 1. The zero-order valence-electron chi connectivity index (χ0n) is 13.4. The van der Waals surface area contributed by atoms with Crippen LogP contribution in [-0.4, -0.2) is 41.0 Å². The Kier molecular flexibility index (Phi) is 8.22. The molecule has 22 heavy (non-hydrogen) atoms. The van der Waals surface area contributed by atoms with Crippen molar-refractivity contribution in [2.24, 2.45) is 0 Å². The number of hydrogen-bond donors (Lipinski definition) is 2. The van der Waals surface area contributed by atoms with E-state index in [9.17, 15) is 9.59 Å². The van der Waals surface area contributed by atoms with Gasteiger partial charge >= 0.3 is 0 Å². The minimum absolute atomic E-state index is 0.0174. The van der Waals surface area contributed by atoms with Crippen LogP contribution in [0.5, 0.6) is 0 Å². The lowest BCUT2D eigenvalue weighted by molar-refractivity contribution is -0.140. The Balaban J connectivity index is 2.76. The fraction of sp³-hybridized carbons (Fsp3) is 0.529. The first kappa shape index (κ1) is 18.2. The third kappa shape index (κ3) is 5.85. The second-order valence-electron chi connectivity index (χ2n) is 5.30. The molecule has 0 heterocycles. The molecule has 5 heteroatoms. The molecule has 1 aromatic carbocycles. The first-order valence-electron chi connectivity index (χ1n) is 7.82. The van der Waals surface area contributed by atoms with Crippen LogP contribution in [0.4, 0.5) is 0 Å². The van der Waals surface area contributed by atoms with Crippen LogP contribution in [0.1, 0.15) is 38.7 Å². The van der Waals surface area contributed by atoms with Gasteiger partial charge in [0.2, 0.25) is 11.8 Å². The molecule has 0 saturated carbocycles. The molecule has 0 aliphatic rings. The molecule has 122 valence electrons. The van der Waals surface area contributed by atoms with Crippen LogP contribution in [0.2, 0.25) is 0 Å². The predicted molar refractivity (Wildman–Crippen MR) is 86.1 cm³/mol. The topological polar surface area (TPSA) is 69.6 Å². The van der Waals surface area contributed by atoms with E-state index in [0.717, 1.165) is 12.0 Å².